The fourth-order valence-electron chi connectivity index (χ4n) is 2.17. The van der Waals surface area contributed by atoms with Crippen molar-refractivity contribution in [2.24, 2.45) is 0 Å². The van der Waals surface area contributed by atoms with Gasteiger partial charge >= 0.3 is 0 Å². The third-order valence-corrected chi connectivity index (χ3v) is 4.44. The standard InChI is InChI=1S/C17H24Cl3N3O3S/c1-4-5-6-7-14(24)22-15(17(18,19)20)23-16(27)21-12-10-11(25-2)8-9-13(12)26-3/h8-10,15H,4-7H2,1-3H3,(H,22,24)(H2,21,23,27)/t15-/m0/s1. The SMILES string of the molecule is CCCCCC(=O)N[C@@H](NC(=S)Nc1cc(OC)ccc1OC)C(Cl)(Cl)Cl. The Kier molecular flexibility index (Phi) is 10.3. The molecule has 0 unspecified atom stereocenters. The van der Waals surface area contributed by atoms with E-state index in [9.17, 15) is 4.79 Å². The first-order chi connectivity index (χ1) is 12.7. The van der Waals surface area contributed by atoms with Crippen molar-refractivity contribution >= 4 is 63.7 Å². The second-order valence-corrected chi connectivity index (χ2v) is 8.44. The molecule has 0 saturated carbocycles. The summed E-state index contributed by atoms with van der Waals surface area (Å²) in [6.45, 7) is 2.06. The molecule has 1 aromatic carbocycles. The van der Waals surface area contributed by atoms with Crippen molar-refractivity contribution in [3.63, 3.8) is 0 Å². The zero-order chi connectivity index (χ0) is 20.4. The van der Waals surface area contributed by atoms with E-state index in [0.717, 1.165) is 19.3 Å². The Bertz CT molecular complexity index is 642. The first kappa shape index (κ1) is 23.9. The van der Waals surface area contributed by atoms with Crippen molar-refractivity contribution in [3.05, 3.63) is 18.2 Å². The molecule has 0 fully saturated rings. The van der Waals surface area contributed by atoms with E-state index in [1.807, 2.05) is 0 Å². The summed E-state index contributed by atoms with van der Waals surface area (Å²) in [6.07, 6.45) is 2.06. The highest BCUT2D eigenvalue weighted by Gasteiger charge is 2.34. The number of benzene rings is 1. The van der Waals surface area contributed by atoms with Gasteiger partial charge in [-0.3, -0.25) is 4.79 Å². The van der Waals surface area contributed by atoms with Crippen molar-refractivity contribution in [2.75, 3.05) is 19.5 Å². The number of hydrogen-bond donors (Lipinski definition) is 3. The molecule has 1 amide bonds. The van der Waals surface area contributed by atoms with Gasteiger partial charge < -0.3 is 25.4 Å². The normalized spacial score (nSPS) is 12.1. The van der Waals surface area contributed by atoms with Gasteiger partial charge in [0.05, 0.1) is 19.9 Å². The van der Waals surface area contributed by atoms with E-state index in [-0.39, 0.29) is 11.0 Å². The van der Waals surface area contributed by atoms with Crippen LogP contribution in [0.3, 0.4) is 0 Å². The van der Waals surface area contributed by atoms with Gasteiger partial charge in [-0.15, -0.1) is 0 Å². The number of anilines is 1. The summed E-state index contributed by atoms with van der Waals surface area (Å²) in [6, 6.07) is 5.19. The molecular formula is C17H24Cl3N3O3S. The number of thiocarbonyl (C=S) groups is 1. The molecule has 0 radical (unpaired) electrons. The number of methoxy groups -OCH3 is 2. The molecule has 0 bridgehead atoms. The summed E-state index contributed by atoms with van der Waals surface area (Å²) in [5.74, 6) is 0.936. The third-order valence-electron chi connectivity index (χ3n) is 3.57. The molecule has 6 nitrogen and oxygen atoms in total. The van der Waals surface area contributed by atoms with Crippen molar-refractivity contribution in [3.8, 4) is 11.5 Å². The average molecular weight is 457 g/mol. The lowest BCUT2D eigenvalue weighted by Crippen LogP contribution is -2.56. The van der Waals surface area contributed by atoms with Gasteiger partial charge in [0.25, 0.3) is 0 Å². The maximum absolute atomic E-state index is 12.1. The zero-order valence-corrected chi connectivity index (χ0v) is 18.5. The van der Waals surface area contributed by atoms with E-state index in [4.69, 9.17) is 56.5 Å². The van der Waals surface area contributed by atoms with Gasteiger partial charge in [-0.2, -0.15) is 0 Å². The second-order valence-electron chi connectivity index (χ2n) is 5.66. The van der Waals surface area contributed by atoms with Gasteiger partial charge in [0, 0.05) is 12.5 Å². The molecule has 0 aliphatic heterocycles. The van der Waals surface area contributed by atoms with Gasteiger partial charge in [-0.1, -0.05) is 54.6 Å². The number of nitrogens with one attached hydrogen (secondary N) is 3. The Morgan fingerprint density at radius 1 is 1.19 bits per heavy atom. The minimum absolute atomic E-state index is 0.145. The molecule has 152 valence electrons. The lowest BCUT2D eigenvalue weighted by molar-refractivity contribution is -0.122. The van der Waals surface area contributed by atoms with Gasteiger partial charge in [0.2, 0.25) is 9.70 Å². The van der Waals surface area contributed by atoms with Crippen LogP contribution in [0, 0.1) is 0 Å². The van der Waals surface area contributed by atoms with E-state index in [1.54, 1.807) is 25.3 Å². The molecule has 27 heavy (non-hydrogen) atoms. The summed E-state index contributed by atoms with van der Waals surface area (Å²) in [4.78, 5) is 12.1. The molecular weight excluding hydrogens is 433 g/mol. The Labute approximate surface area is 180 Å². The van der Waals surface area contributed by atoms with Crippen LogP contribution in [0.25, 0.3) is 0 Å². The van der Waals surface area contributed by atoms with Gasteiger partial charge in [-0.25, -0.2) is 0 Å². The Hall–Kier alpha value is -1.15. The van der Waals surface area contributed by atoms with Gasteiger partial charge in [0.15, 0.2) is 5.11 Å². The first-order valence-corrected chi connectivity index (χ1v) is 9.91. The highest BCUT2D eigenvalue weighted by atomic mass is 35.6. The van der Waals surface area contributed by atoms with Crippen LogP contribution in [-0.4, -0.2) is 35.2 Å². The Morgan fingerprint density at radius 3 is 2.44 bits per heavy atom. The molecule has 1 rings (SSSR count). The first-order valence-electron chi connectivity index (χ1n) is 8.36. The van der Waals surface area contributed by atoms with E-state index in [1.165, 1.54) is 7.11 Å². The van der Waals surface area contributed by atoms with Crippen LogP contribution in [0.15, 0.2) is 18.2 Å². The number of alkyl halides is 3. The number of amides is 1. The highest BCUT2D eigenvalue weighted by molar-refractivity contribution is 7.80. The maximum Gasteiger partial charge on any atom is 0.228 e. The molecule has 10 heteroatoms. The number of hydrogen-bond acceptors (Lipinski definition) is 4. The fourth-order valence-corrected chi connectivity index (χ4v) is 2.72. The average Bonchev–Trinajstić information content (AvgIpc) is 2.60. The Morgan fingerprint density at radius 2 is 1.89 bits per heavy atom. The molecule has 0 aliphatic rings. The largest absolute Gasteiger partial charge is 0.497 e. The van der Waals surface area contributed by atoms with Crippen LogP contribution in [0.2, 0.25) is 0 Å². The Balaban J connectivity index is 2.78. The van der Waals surface area contributed by atoms with Gasteiger partial charge in [0.1, 0.15) is 17.7 Å². The molecule has 0 spiro atoms. The van der Waals surface area contributed by atoms with E-state index < -0.39 is 9.96 Å². The van der Waals surface area contributed by atoms with Gasteiger partial charge in [-0.05, 0) is 30.8 Å². The third kappa shape index (κ3) is 8.60. The predicted molar refractivity (Wildman–Crippen MR) is 115 cm³/mol. The molecule has 0 aromatic heterocycles. The van der Waals surface area contributed by atoms with Crippen LogP contribution in [0.4, 0.5) is 5.69 Å². The summed E-state index contributed by atoms with van der Waals surface area (Å²) in [5, 5.41) is 8.56. The lowest BCUT2D eigenvalue weighted by atomic mass is 10.2. The lowest BCUT2D eigenvalue weighted by Gasteiger charge is -2.28. The van der Waals surface area contributed by atoms with Crippen molar-refractivity contribution < 1.29 is 14.3 Å². The minimum Gasteiger partial charge on any atom is -0.497 e. The summed E-state index contributed by atoms with van der Waals surface area (Å²) < 4.78 is 8.67. The zero-order valence-electron chi connectivity index (χ0n) is 15.4. The second kappa shape index (κ2) is 11.6. The van der Waals surface area contributed by atoms with E-state index in [2.05, 4.69) is 22.9 Å². The van der Waals surface area contributed by atoms with Crippen LogP contribution >= 0.6 is 47.0 Å². The van der Waals surface area contributed by atoms with Crippen LogP contribution in [-0.2, 0) is 4.79 Å². The van der Waals surface area contributed by atoms with Crippen molar-refractivity contribution in [1.29, 1.82) is 0 Å². The molecule has 0 saturated heterocycles. The van der Waals surface area contributed by atoms with Crippen LogP contribution in [0.1, 0.15) is 32.6 Å². The molecule has 1 aromatic rings. The molecule has 0 aliphatic carbocycles. The highest BCUT2D eigenvalue weighted by Crippen LogP contribution is 2.31. The number of carbonyl (C=O) groups is 1. The van der Waals surface area contributed by atoms with E-state index in [0.29, 0.717) is 23.6 Å². The number of carbonyl (C=O) groups excluding carboxylic acids is 1. The van der Waals surface area contributed by atoms with E-state index >= 15 is 0 Å². The number of unbranched alkanes of at least 4 members (excludes halogenated alkanes) is 2. The summed E-state index contributed by atoms with van der Waals surface area (Å²) in [7, 11) is 3.08. The summed E-state index contributed by atoms with van der Waals surface area (Å²) in [5.41, 5.74) is 0.562. The molecule has 1 atom stereocenters. The monoisotopic (exact) mass is 455 g/mol. The van der Waals surface area contributed by atoms with Crippen molar-refractivity contribution in [2.45, 2.75) is 42.6 Å². The summed E-state index contributed by atoms with van der Waals surface area (Å²) >= 11 is 23.2. The number of halogens is 3. The predicted octanol–water partition coefficient (Wildman–Crippen LogP) is 4.38. The quantitative estimate of drug-likeness (QED) is 0.222. The smallest absolute Gasteiger partial charge is 0.228 e. The van der Waals surface area contributed by atoms with Crippen molar-refractivity contribution in [1.82, 2.24) is 10.6 Å². The minimum atomic E-state index is -1.80. The van der Waals surface area contributed by atoms with Crippen LogP contribution in [0.5, 0.6) is 11.5 Å². The molecule has 0 heterocycles. The maximum atomic E-state index is 12.1. The van der Waals surface area contributed by atoms with Crippen LogP contribution < -0.4 is 25.4 Å². The topological polar surface area (TPSA) is 71.6 Å². The number of ether oxygens (including phenoxy) is 2. The number of rotatable bonds is 9. The molecule has 3 N–H and O–H groups in total. The fraction of sp³-hybridized carbons (Fsp3) is 0.529.